The normalized spacial score (nSPS) is 23.7. The highest BCUT2D eigenvalue weighted by Gasteiger charge is 2.26. The lowest BCUT2D eigenvalue weighted by Gasteiger charge is -2.14. The van der Waals surface area contributed by atoms with E-state index in [2.05, 4.69) is 6.26 Å². The van der Waals surface area contributed by atoms with Gasteiger partial charge in [-0.05, 0) is 18.4 Å². The molecule has 0 aromatic carbocycles. The van der Waals surface area contributed by atoms with Gasteiger partial charge in [0.15, 0.2) is 0 Å². The maximum Gasteiger partial charge on any atom is 0.225 e. The highest BCUT2D eigenvalue weighted by molar-refractivity contribution is 7.98. The summed E-state index contributed by atoms with van der Waals surface area (Å²) in [5.41, 5.74) is 0. The van der Waals surface area contributed by atoms with Crippen LogP contribution in [0.1, 0.15) is 12.8 Å². The van der Waals surface area contributed by atoms with Gasteiger partial charge in [-0.3, -0.25) is 4.79 Å². The molecule has 0 spiro atoms. The van der Waals surface area contributed by atoms with Crippen molar-refractivity contribution in [1.29, 1.82) is 0 Å². The van der Waals surface area contributed by atoms with Gasteiger partial charge in [0.25, 0.3) is 0 Å². The lowest BCUT2D eigenvalue weighted by molar-refractivity contribution is -0.127. The molecule has 12 heavy (non-hydrogen) atoms. The van der Waals surface area contributed by atoms with Crippen LogP contribution in [0.3, 0.4) is 0 Å². The number of aliphatic hydroxyl groups is 1. The molecule has 1 rings (SSSR count). The lowest BCUT2D eigenvalue weighted by Crippen LogP contribution is -2.27. The van der Waals surface area contributed by atoms with Gasteiger partial charge in [-0.1, -0.05) is 0 Å². The van der Waals surface area contributed by atoms with Crippen LogP contribution in [-0.2, 0) is 4.79 Å². The number of amides is 1. The van der Waals surface area contributed by atoms with Gasteiger partial charge in [0, 0.05) is 13.1 Å². The molecular formula is C8H15NO2S. The summed E-state index contributed by atoms with van der Waals surface area (Å²) in [5, 5.41) is 9.16. The molecule has 1 aliphatic rings. The summed E-state index contributed by atoms with van der Waals surface area (Å²) in [6.07, 6.45) is 2.98. The second kappa shape index (κ2) is 4.72. The second-order valence-corrected chi connectivity index (χ2v) is 4.03. The van der Waals surface area contributed by atoms with Gasteiger partial charge in [0.1, 0.15) is 0 Å². The number of carbonyl (C=O) groups is 1. The maximum absolute atomic E-state index is 11.1. The van der Waals surface area contributed by atoms with E-state index in [0.29, 0.717) is 13.0 Å². The van der Waals surface area contributed by atoms with E-state index in [0.717, 1.165) is 18.7 Å². The zero-order valence-corrected chi connectivity index (χ0v) is 8.14. The molecule has 0 radical (unpaired) electrons. The van der Waals surface area contributed by atoms with Gasteiger partial charge in [0.05, 0.1) is 12.5 Å². The summed E-state index contributed by atoms with van der Waals surface area (Å²) >= 11 is 1.79. The van der Waals surface area contributed by atoms with Crippen LogP contribution in [0, 0.1) is 0 Å². The maximum atomic E-state index is 11.1. The molecular weight excluding hydrogens is 174 g/mol. The first kappa shape index (κ1) is 9.86. The van der Waals surface area contributed by atoms with Crippen LogP contribution in [0.15, 0.2) is 0 Å². The van der Waals surface area contributed by atoms with E-state index in [-0.39, 0.29) is 5.91 Å². The molecule has 1 N–H and O–H groups in total. The van der Waals surface area contributed by atoms with E-state index in [1.807, 2.05) is 0 Å². The molecule has 1 unspecified atom stereocenters. The summed E-state index contributed by atoms with van der Waals surface area (Å²) in [4.78, 5) is 12.9. The number of nitrogens with zero attached hydrogens (tertiary/aromatic N) is 1. The molecule has 70 valence electrons. The van der Waals surface area contributed by atoms with Crippen LogP contribution < -0.4 is 0 Å². The number of hydrogen-bond acceptors (Lipinski definition) is 3. The third-order valence-corrected chi connectivity index (χ3v) is 2.67. The molecule has 0 aromatic heterocycles. The highest BCUT2D eigenvalue weighted by Crippen LogP contribution is 2.11. The van der Waals surface area contributed by atoms with E-state index < -0.39 is 6.10 Å². The van der Waals surface area contributed by atoms with Gasteiger partial charge >= 0.3 is 0 Å². The minimum Gasteiger partial charge on any atom is -0.391 e. The summed E-state index contributed by atoms with van der Waals surface area (Å²) in [5.74, 6) is 1.18. The summed E-state index contributed by atoms with van der Waals surface area (Å²) in [7, 11) is 0. The number of likely N-dealkylation sites (tertiary alicyclic amines) is 1. The standard InChI is InChI=1S/C8H15NO2S/c1-12-4-2-3-9-6-7(10)5-8(9)11/h7,10H,2-6H2,1H3. The van der Waals surface area contributed by atoms with Crippen LogP contribution in [0.5, 0.6) is 0 Å². The Labute approximate surface area is 77.1 Å². The fourth-order valence-corrected chi connectivity index (χ4v) is 1.78. The fraction of sp³-hybridized carbons (Fsp3) is 0.875. The van der Waals surface area contributed by atoms with Crippen molar-refractivity contribution in [2.24, 2.45) is 0 Å². The molecule has 0 saturated carbocycles. The van der Waals surface area contributed by atoms with Crippen molar-refractivity contribution < 1.29 is 9.90 Å². The minimum atomic E-state index is -0.424. The number of rotatable bonds is 4. The predicted molar refractivity (Wildman–Crippen MR) is 50.2 cm³/mol. The first-order valence-corrected chi connectivity index (χ1v) is 5.58. The van der Waals surface area contributed by atoms with Gasteiger partial charge in [-0.25, -0.2) is 0 Å². The number of β-amino-alcohol motifs (C(OH)–C–C–N with tert-alkyl or cyclic N) is 1. The Balaban J connectivity index is 2.19. The predicted octanol–water partition coefficient (Wildman–Crippen LogP) is 0.333. The average Bonchev–Trinajstić information content (AvgIpc) is 2.31. The molecule has 0 aromatic rings. The third kappa shape index (κ3) is 2.68. The third-order valence-electron chi connectivity index (χ3n) is 1.97. The Hall–Kier alpha value is -0.220. The monoisotopic (exact) mass is 189 g/mol. The van der Waals surface area contributed by atoms with Gasteiger partial charge in [0.2, 0.25) is 5.91 Å². The molecule has 4 heteroatoms. The van der Waals surface area contributed by atoms with E-state index in [9.17, 15) is 4.79 Å². The Morgan fingerprint density at radius 1 is 1.75 bits per heavy atom. The van der Waals surface area contributed by atoms with Crippen LogP contribution in [0.2, 0.25) is 0 Å². The largest absolute Gasteiger partial charge is 0.391 e. The van der Waals surface area contributed by atoms with Crippen molar-refractivity contribution >= 4 is 17.7 Å². The topological polar surface area (TPSA) is 40.5 Å². The van der Waals surface area contributed by atoms with Crippen LogP contribution in [0.25, 0.3) is 0 Å². The molecule has 0 bridgehead atoms. The molecule has 1 fully saturated rings. The lowest BCUT2D eigenvalue weighted by atomic mass is 10.3. The summed E-state index contributed by atoms with van der Waals surface area (Å²) in [6, 6.07) is 0. The Morgan fingerprint density at radius 2 is 2.50 bits per heavy atom. The molecule has 0 aliphatic carbocycles. The van der Waals surface area contributed by atoms with E-state index in [4.69, 9.17) is 5.11 Å². The van der Waals surface area contributed by atoms with Gasteiger partial charge < -0.3 is 10.0 Å². The van der Waals surface area contributed by atoms with Crippen LogP contribution in [0.4, 0.5) is 0 Å². The van der Waals surface area contributed by atoms with Gasteiger partial charge in [-0.15, -0.1) is 0 Å². The Kier molecular flexibility index (Phi) is 3.88. The van der Waals surface area contributed by atoms with Crippen molar-refractivity contribution in [2.75, 3.05) is 25.1 Å². The molecule has 1 atom stereocenters. The quantitative estimate of drug-likeness (QED) is 0.648. The van der Waals surface area contributed by atoms with Crippen molar-refractivity contribution in [1.82, 2.24) is 4.90 Å². The van der Waals surface area contributed by atoms with Gasteiger partial charge in [-0.2, -0.15) is 11.8 Å². The molecule has 1 saturated heterocycles. The SMILES string of the molecule is CSCCCN1CC(O)CC1=O. The zero-order chi connectivity index (χ0) is 8.97. The minimum absolute atomic E-state index is 0.101. The Bertz CT molecular complexity index is 163. The fourth-order valence-electron chi connectivity index (χ4n) is 1.37. The summed E-state index contributed by atoms with van der Waals surface area (Å²) in [6.45, 7) is 1.34. The zero-order valence-electron chi connectivity index (χ0n) is 7.32. The van der Waals surface area contributed by atoms with Crippen molar-refractivity contribution in [3.63, 3.8) is 0 Å². The number of carbonyl (C=O) groups excluding carboxylic acids is 1. The number of hydrogen-bond donors (Lipinski definition) is 1. The van der Waals surface area contributed by atoms with Crippen molar-refractivity contribution in [2.45, 2.75) is 18.9 Å². The Morgan fingerprint density at radius 3 is 3.00 bits per heavy atom. The van der Waals surface area contributed by atoms with Crippen molar-refractivity contribution in [3.05, 3.63) is 0 Å². The first-order chi connectivity index (χ1) is 5.74. The van der Waals surface area contributed by atoms with Crippen LogP contribution in [-0.4, -0.2) is 47.1 Å². The van der Waals surface area contributed by atoms with Crippen LogP contribution >= 0.6 is 11.8 Å². The van der Waals surface area contributed by atoms with E-state index >= 15 is 0 Å². The summed E-state index contributed by atoms with van der Waals surface area (Å²) < 4.78 is 0. The van der Waals surface area contributed by atoms with E-state index in [1.165, 1.54) is 0 Å². The van der Waals surface area contributed by atoms with E-state index in [1.54, 1.807) is 16.7 Å². The first-order valence-electron chi connectivity index (χ1n) is 4.19. The molecule has 3 nitrogen and oxygen atoms in total. The molecule has 1 aliphatic heterocycles. The smallest absolute Gasteiger partial charge is 0.225 e. The van der Waals surface area contributed by atoms with Crippen molar-refractivity contribution in [3.8, 4) is 0 Å². The second-order valence-electron chi connectivity index (χ2n) is 3.04. The average molecular weight is 189 g/mol. The number of aliphatic hydroxyl groups excluding tert-OH is 1. The molecule has 1 heterocycles. The number of thioether (sulfide) groups is 1. The molecule has 1 amide bonds. The highest BCUT2D eigenvalue weighted by atomic mass is 32.2.